The van der Waals surface area contributed by atoms with Gasteiger partial charge in [0, 0.05) is 38.1 Å². The minimum Gasteiger partial charge on any atom is -0.344 e. The zero-order valence-electron chi connectivity index (χ0n) is 13.6. The number of aryl methyl sites for hydroxylation is 1. The summed E-state index contributed by atoms with van der Waals surface area (Å²) in [5, 5.41) is 7.63. The number of rotatable bonds is 4. The van der Waals surface area contributed by atoms with E-state index in [9.17, 15) is 9.59 Å². The summed E-state index contributed by atoms with van der Waals surface area (Å²) in [5.41, 5.74) is 0.273. The van der Waals surface area contributed by atoms with Crippen LogP contribution in [0.3, 0.4) is 0 Å². The van der Waals surface area contributed by atoms with Gasteiger partial charge in [0.05, 0.1) is 12.1 Å². The summed E-state index contributed by atoms with van der Waals surface area (Å²) in [6, 6.07) is 7.02. The quantitative estimate of drug-likeness (QED) is 0.766. The highest BCUT2D eigenvalue weighted by molar-refractivity contribution is 6.06. The molecule has 0 saturated heterocycles. The van der Waals surface area contributed by atoms with E-state index in [2.05, 4.69) is 15.5 Å². The zero-order chi connectivity index (χ0) is 17.3. The van der Waals surface area contributed by atoms with Gasteiger partial charge in [0.2, 0.25) is 5.89 Å². The number of aromatic nitrogens is 3. The van der Waals surface area contributed by atoms with E-state index in [1.165, 1.54) is 10.8 Å². The van der Waals surface area contributed by atoms with Crippen molar-refractivity contribution >= 4 is 22.6 Å². The maximum atomic E-state index is 12.5. The number of carbonyl (C=O) groups excluding carboxylic acids is 1. The number of fused-ring (bicyclic) bond motifs is 1. The molecule has 1 N–H and O–H groups in total. The Morgan fingerprint density at radius 3 is 2.67 bits per heavy atom. The average molecular weight is 327 g/mol. The Balaban J connectivity index is 1.86. The highest BCUT2D eigenvalue weighted by Crippen LogP contribution is 2.15. The molecular weight excluding hydrogens is 310 g/mol. The van der Waals surface area contributed by atoms with Gasteiger partial charge in [-0.05, 0) is 11.2 Å². The second kappa shape index (κ2) is 6.15. The van der Waals surface area contributed by atoms with E-state index in [0.29, 0.717) is 28.2 Å². The van der Waals surface area contributed by atoms with Crippen LogP contribution < -0.4 is 15.8 Å². The molecule has 0 atom stereocenters. The molecule has 0 bridgehead atoms. The Morgan fingerprint density at radius 2 is 2.00 bits per heavy atom. The monoisotopic (exact) mass is 327 g/mol. The Kier molecular flexibility index (Phi) is 4.03. The molecule has 0 aliphatic heterocycles. The van der Waals surface area contributed by atoms with Gasteiger partial charge >= 0.3 is 0 Å². The summed E-state index contributed by atoms with van der Waals surface area (Å²) in [6.07, 6.45) is 1.53. The van der Waals surface area contributed by atoms with Crippen LogP contribution in [0.4, 0.5) is 5.95 Å². The van der Waals surface area contributed by atoms with Crippen molar-refractivity contribution in [1.82, 2.24) is 20.0 Å². The fourth-order valence-corrected chi connectivity index (χ4v) is 2.35. The number of nitrogens with zero attached hydrogens (tertiary/aromatic N) is 4. The fourth-order valence-electron chi connectivity index (χ4n) is 2.35. The molecule has 0 fully saturated rings. The Labute approximate surface area is 137 Å². The minimum atomic E-state index is -0.314. The third-order valence-electron chi connectivity index (χ3n) is 3.59. The number of anilines is 1. The third-order valence-corrected chi connectivity index (χ3v) is 3.59. The van der Waals surface area contributed by atoms with Crippen LogP contribution in [0.25, 0.3) is 10.8 Å². The summed E-state index contributed by atoms with van der Waals surface area (Å²) >= 11 is 0. The maximum absolute atomic E-state index is 12.5. The van der Waals surface area contributed by atoms with Crippen molar-refractivity contribution in [3.63, 3.8) is 0 Å². The molecule has 24 heavy (non-hydrogen) atoms. The van der Waals surface area contributed by atoms with Crippen LogP contribution in [0.1, 0.15) is 16.2 Å². The molecule has 2 heterocycles. The molecule has 0 unspecified atom stereocenters. The number of pyridine rings is 1. The molecule has 0 spiro atoms. The maximum Gasteiger partial charge on any atom is 0.265 e. The van der Waals surface area contributed by atoms with E-state index in [1.807, 2.05) is 0 Å². The molecular formula is C16H17N5O3. The van der Waals surface area contributed by atoms with Crippen molar-refractivity contribution in [1.29, 1.82) is 0 Å². The van der Waals surface area contributed by atoms with Crippen LogP contribution in [-0.2, 0) is 13.6 Å². The smallest absolute Gasteiger partial charge is 0.265 e. The lowest BCUT2D eigenvalue weighted by molar-refractivity contribution is 0.0947. The third kappa shape index (κ3) is 2.85. The second-order valence-electron chi connectivity index (χ2n) is 5.57. The highest BCUT2D eigenvalue weighted by Gasteiger charge is 2.15. The largest absolute Gasteiger partial charge is 0.344 e. The number of hydrogen-bond acceptors (Lipinski definition) is 6. The van der Waals surface area contributed by atoms with Gasteiger partial charge in [-0.1, -0.05) is 18.2 Å². The van der Waals surface area contributed by atoms with Crippen molar-refractivity contribution in [2.45, 2.75) is 6.54 Å². The Bertz CT molecular complexity index is 958. The lowest BCUT2D eigenvalue weighted by Gasteiger charge is -2.09. The van der Waals surface area contributed by atoms with Crippen molar-refractivity contribution < 1.29 is 9.32 Å². The first-order valence-corrected chi connectivity index (χ1v) is 7.34. The number of amides is 1. The molecule has 8 heteroatoms. The van der Waals surface area contributed by atoms with E-state index in [4.69, 9.17) is 4.52 Å². The van der Waals surface area contributed by atoms with Crippen LogP contribution in [-0.4, -0.2) is 34.7 Å². The predicted molar refractivity (Wildman–Crippen MR) is 89.0 cm³/mol. The molecule has 1 amide bonds. The molecule has 3 rings (SSSR count). The van der Waals surface area contributed by atoms with Crippen molar-refractivity contribution in [2.24, 2.45) is 7.05 Å². The molecule has 8 nitrogen and oxygen atoms in total. The number of nitrogens with one attached hydrogen (secondary N) is 1. The van der Waals surface area contributed by atoms with E-state index >= 15 is 0 Å². The minimum absolute atomic E-state index is 0.108. The van der Waals surface area contributed by atoms with Gasteiger partial charge in [-0.3, -0.25) is 9.59 Å². The first kappa shape index (κ1) is 15.7. The summed E-state index contributed by atoms with van der Waals surface area (Å²) in [5.74, 6) is 0.430. The first-order valence-electron chi connectivity index (χ1n) is 7.34. The number of benzene rings is 1. The molecule has 0 aliphatic rings. The molecule has 1 aromatic carbocycles. The van der Waals surface area contributed by atoms with Gasteiger partial charge < -0.3 is 19.3 Å². The molecule has 0 radical (unpaired) electrons. The summed E-state index contributed by atoms with van der Waals surface area (Å²) < 4.78 is 6.47. The topological polar surface area (TPSA) is 93.3 Å². The van der Waals surface area contributed by atoms with Gasteiger partial charge in [-0.15, -0.1) is 0 Å². The lowest BCUT2D eigenvalue weighted by atomic mass is 10.1. The summed E-state index contributed by atoms with van der Waals surface area (Å²) in [6.45, 7) is 0.108. The normalized spacial score (nSPS) is 10.8. The molecule has 2 aromatic heterocycles. The van der Waals surface area contributed by atoms with Crippen molar-refractivity contribution in [3.05, 3.63) is 52.3 Å². The van der Waals surface area contributed by atoms with Gasteiger partial charge in [-0.2, -0.15) is 4.98 Å². The average Bonchev–Trinajstić information content (AvgIpc) is 3.05. The second-order valence-corrected chi connectivity index (χ2v) is 5.57. The summed E-state index contributed by atoms with van der Waals surface area (Å²) in [7, 11) is 5.21. The molecule has 124 valence electrons. The van der Waals surface area contributed by atoms with E-state index < -0.39 is 0 Å². The zero-order valence-corrected chi connectivity index (χ0v) is 13.6. The van der Waals surface area contributed by atoms with Gasteiger partial charge in [0.25, 0.3) is 17.4 Å². The van der Waals surface area contributed by atoms with Crippen LogP contribution in [0, 0.1) is 0 Å². The van der Waals surface area contributed by atoms with E-state index in [-0.39, 0.29) is 18.0 Å². The predicted octanol–water partition coefficient (Wildman–Crippen LogP) is 0.917. The number of hydrogen-bond donors (Lipinski definition) is 1. The number of carbonyl (C=O) groups is 1. The van der Waals surface area contributed by atoms with E-state index in [1.54, 1.807) is 50.3 Å². The van der Waals surface area contributed by atoms with Gasteiger partial charge in [0.15, 0.2) is 0 Å². The van der Waals surface area contributed by atoms with Gasteiger partial charge in [0.1, 0.15) is 0 Å². The van der Waals surface area contributed by atoms with Crippen LogP contribution in [0.15, 0.2) is 39.8 Å². The van der Waals surface area contributed by atoms with Crippen molar-refractivity contribution in [3.8, 4) is 0 Å². The molecule has 0 aliphatic carbocycles. The van der Waals surface area contributed by atoms with Crippen LogP contribution in [0.5, 0.6) is 0 Å². The Hall–Kier alpha value is -3.16. The van der Waals surface area contributed by atoms with E-state index in [0.717, 1.165) is 0 Å². The van der Waals surface area contributed by atoms with Crippen LogP contribution >= 0.6 is 0 Å². The van der Waals surface area contributed by atoms with Crippen LogP contribution in [0.2, 0.25) is 0 Å². The standard InChI is InChI=1S/C16H17N5O3/c1-20(2)16-18-13(24-19-16)8-17-14(22)12-9-21(3)15(23)11-7-5-4-6-10(11)12/h4-7,9H,8H2,1-3H3,(H,17,22). The van der Waals surface area contributed by atoms with Crippen molar-refractivity contribution in [2.75, 3.05) is 19.0 Å². The SMILES string of the molecule is CN(C)c1noc(CNC(=O)c2cn(C)c(=O)c3ccccc23)n1. The first-order chi connectivity index (χ1) is 11.5. The molecule has 3 aromatic rings. The Morgan fingerprint density at radius 1 is 1.29 bits per heavy atom. The molecule has 0 saturated carbocycles. The van der Waals surface area contributed by atoms with Gasteiger partial charge in [-0.25, -0.2) is 0 Å². The fraction of sp³-hybridized carbons (Fsp3) is 0.250. The summed E-state index contributed by atoms with van der Waals surface area (Å²) in [4.78, 5) is 30.5. The lowest BCUT2D eigenvalue weighted by Crippen LogP contribution is -2.26. The highest BCUT2D eigenvalue weighted by atomic mass is 16.5.